The maximum atomic E-state index is 5.73. The Hall–Kier alpha value is -1.29. The third kappa shape index (κ3) is 1.80. The Morgan fingerprint density at radius 2 is 2.43 bits per heavy atom. The van der Waals surface area contributed by atoms with Crippen LogP contribution in [0, 0.1) is 0 Å². The predicted molar refractivity (Wildman–Crippen MR) is 55.3 cm³/mol. The van der Waals surface area contributed by atoms with E-state index in [4.69, 9.17) is 10.5 Å². The van der Waals surface area contributed by atoms with Crippen molar-refractivity contribution in [2.24, 2.45) is 5.73 Å². The van der Waals surface area contributed by atoms with Crippen molar-refractivity contribution in [3.8, 4) is 5.75 Å². The van der Waals surface area contributed by atoms with Gasteiger partial charge in [-0.15, -0.1) is 0 Å². The van der Waals surface area contributed by atoms with Gasteiger partial charge in [-0.3, -0.25) is 4.98 Å². The van der Waals surface area contributed by atoms with Gasteiger partial charge in [0.2, 0.25) is 0 Å². The Bertz CT molecular complexity index is 323. The average Bonchev–Trinajstić information content (AvgIpc) is 3.01. The molecule has 1 aromatic rings. The standard InChI is InChI=1S/C10H15N3O/c1-12-10-8(6-11)13-5-4-9(10)14-7-2-3-7/h4-5,7,12H,2-3,6,11H2,1H3. The summed E-state index contributed by atoms with van der Waals surface area (Å²) in [4.78, 5) is 4.19. The number of nitrogens with two attached hydrogens (primary N) is 1. The zero-order valence-corrected chi connectivity index (χ0v) is 8.29. The molecular weight excluding hydrogens is 178 g/mol. The highest BCUT2D eigenvalue weighted by molar-refractivity contribution is 5.59. The van der Waals surface area contributed by atoms with Gasteiger partial charge < -0.3 is 15.8 Å². The van der Waals surface area contributed by atoms with Crippen molar-refractivity contribution in [1.82, 2.24) is 4.98 Å². The third-order valence-corrected chi connectivity index (χ3v) is 2.25. The molecule has 0 radical (unpaired) electrons. The van der Waals surface area contributed by atoms with Gasteiger partial charge >= 0.3 is 0 Å². The number of ether oxygens (including phenoxy) is 1. The normalized spacial score (nSPS) is 15.3. The smallest absolute Gasteiger partial charge is 0.146 e. The Kier molecular flexibility index (Phi) is 2.54. The summed E-state index contributed by atoms with van der Waals surface area (Å²) in [7, 11) is 1.86. The molecule has 0 spiro atoms. The van der Waals surface area contributed by atoms with Crippen molar-refractivity contribution in [1.29, 1.82) is 0 Å². The maximum absolute atomic E-state index is 5.73. The summed E-state index contributed by atoms with van der Waals surface area (Å²) in [6, 6.07) is 1.88. The minimum Gasteiger partial charge on any atom is -0.488 e. The number of hydrogen-bond donors (Lipinski definition) is 2. The monoisotopic (exact) mass is 193 g/mol. The van der Waals surface area contributed by atoms with E-state index in [-0.39, 0.29) is 0 Å². The molecule has 0 bridgehead atoms. The molecule has 1 aromatic heterocycles. The van der Waals surface area contributed by atoms with Crippen LogP contribution in [0.1, 0.15) is 18.5 Å². The van der Waals surface area contributed by atoms with Crippen molar-refractivity contribution in [3.63, 3.8) is 0 Å². The van der Waals surface area contributed by atoms with E-state index in [0.717, 1.165) is 30.0 Å². The first kappa shape index (κ1) is 9.27. The summed E-state index contributed by atoms with van der Waals surface area (Å²) < 4.78 is 5.73. The van der Waals surface area contributed by atoms with E-state index in [1.807, 2.05) is 13.1 Å². The van der Waals surface area contributed by atoms with Crippen LogP contribution in [0.25, 0.3) is 0 Å². The van der Waals surface area contributed by atoms with Gasteiger partial charge in [0.1, 0.15) is 5.75 Å². The van der Waals surface area contributed by atoms with Gasteiger partial charge in [0.05, 0.1) is 17.5 Å². The fraction of sp³-hybridized carbons (Fsp3) is 0.500. The fourth-order valence-electron chi connectivity index (χ4n) is 1.37. The van der Waals surface area contributed by atoms with Crippen LogP contribution in [-0.4, -0.2) is 18.1 Å². The van der Waals surface area contributed by atoms with Crippen LogP contribution in [0.4, 0.5) is 5.69 Å². The second-order valence-electron chi connectivity index (χ2n) is 3.40. The first-order valence-corrected chi connectivity index (χ1v) is 4.87. The Morgan fingerprint density at radius 1 is 1.64 bits per heavy atom. The molecule has 0 atom stereocenters. The summed E-state index contributed by atoms with van der Waals surface area (Å²) in [6.45, 7) is 0.429. The van der Waals surface area contributed by atoms with Gasteiger partial charge in [-0.1, -0.05) is 0 Å². The molecule has 0 unspecified atom stereocenters. The Balaban J connectivity index is 2.26. The van der Waals surface area contributed by atoms with Gasteiger partial charge in [0.15, 0.2) is 0 Å². The van der Waals surface area contributed by atoms with Crippen LogP contribution in [0.3, 0.4) is 0 Å². The zero-order valence-electron chi connectivity index (χ0n) is 8.29. The van der Waals surface area contributed by atoms with Crippen molar-refractivity contribution >= 4 is 5.69 Å². The van der Waals surface area contributed by atoms with E-state index in [2.05, 4.69) is 10.3 Å². The molecule has 2 rings (SSSR count). The number of nitrogens with one attached hydrogen (secondary N) is 1. The summed E-state index contributed by atoms with van der Waals surface area (Å²) in [5.74, 6) is 0.866. The number of rotatable bonds is 4. The van der Waals surface area contributed by atoms with E-state index in [0.29, 0.717) is 12.6 Å². The van der Waals surface area contributed by atoms with Crippen LogP contribution >= 0.6 is 0 Å². The first-order valence-electron chi connectivity index (χ1n) is 4.87. The highest BCUT2D eigenvalue weighted by Crippen LogP contribution is 2.32. The van der Waals surface area contributed by atoms with Gasteiger partial charge in [0.25, 0.3) is 0 Å². The average molecular weight is 193 g/mol. The second-order valence-corrected chi connectivity index (χ2v) is 3.40. The van der Waals surface area contributed by atoms with Crippen molar-refractivity contribution in [2.45, 2.75) is 25.5 Å². The van der Waals surface area contributed by atoms with Crippen molar-refractivity contribution < 1.29 is 4.74 Å². The molecular formula is C10H15N3O. The molecule has 4 nitrogen and oxygen atoms in total. The highest BCUT2D eigenvalue weighted by Gasteiger charge is 2.25. The van der Waals surface area contributed by atoms with Crippen LogP contribution in [0.2, 0.25) is 0 Å². The number of anilines is 1. The maximum Gasteiger partial charge on any atom is 0.146 e. The van der Waals surface area contributed by atoms with Crippen molar-refractivity contribution in [2.75, 3.05) is 12.4 Å². The molecule has 0 aliphatic heterocycles. The van der Waals surface area contributed by atoms with E-state index in [1.54, 1.807) is 6.20 Å². The molecule has 1 saturated carbocycles. The molecule has 1 aliphatic rings. The van der Waals surface area contributed by atoms with E-state index >= 15 is 0 Å². The lowest BCUT2D eigenvalue weighted by Gasteiger charge is -2.12. The summed E-state index contributed by atoms with van der Waals surface area (Å²) >= 11 is 0. The minimum absolute atomic E-state index is 0.398. The molecule has 0 aromatic carbocycles. The van der Waals surface area contributed by atoms with Gasteiger partial charge in [-0.2, -0.15) is 0 Å². The summed E-state index contributed by atoms with van der Waals surface area (Å²) in [6.07, 6.45) is 4.45. The van der Waals surface area contributed by atoms with E-state index in [1.165, 1.54) is 0 Å². The molecule has 0 amide bonds. The van der Waals surface area contributed by atoms with Crippen LogP contribution < -0.4 is 15.8 Å². The largest absolute Gasteiger partial charge is 0.488 e. The zero-order chi connectivity index (χ0) is 9.97. The van der Waals surface area contributed by atoms with Gasteiger partial charge in [-0.05, 0) is 12.8 Å². The molecule has 1 aliphatic carbocycles. The van der Waals surface area contributed by atoms with Crippen LogP contribution in [0.15, 0.2) is 12.3 Å². The second kappa shape index (κ2) is 3.84. The quantitative estimate of drug-likeness (QED) is 0.752. The summed E-state index contributed by atoms with van der Waals surface area (Å²) in [5.41, 5.74) is 7.35. The number of aromatic nitrogens is 1. The van der Waals surface area contributed by atoms with Crippen LogP contribution in [-0.2, 0) is 6.54 Å². The van der Waals surface area contributed by atoms with Gasteiger partial charge in [-0.25, -0.2) is 0 Å². The molecule has 14 heavy (non-hydrogen) atoms. The topological polar surface area (TPSA) is 60.2 Å². The SMILES string of the molecule is CNc1c(OC2CC2)ccnc1CN. The van der Waals surface area contributed by atoms with Crippen LogP contribution in [0.5, 0.6) is 5.75 Å². The first-order chi connectivity index (χ1) is 6.85. The Labute approximate surface area is 83.5 Å². The molecule has 0 saturated heterocycles. The lowest BCUT2D eigenvalue weighted by Crippen LogP contribution is -2.07. The van der Waals surface area contributed by atoms with Gasteiger partial charge in [0, 0.05) is 25.9 Å². The molecule has 76 valence electrons. The molecule has 1 fully saturated rings. The molecule has 3 N–H and O–H groups in total. The number of hydrogen-bond acceptors (Lipinski definition) is 4. The number of pyridine rings is 1. The lowest BCUT2D eigenvalue weighted by molar-refractivity contribution is 0.304. The highest BCUT2D eigenvalue weighted by atomic mass is 16.5. The van der Waals surface area contributed by atoms with Crippen molar-refractivity contribution in [3.05, 3.63) is 18.0 Å². The molecule has 1 heterocycles. The predicted octanol–water partition coefficient (Wildman–Crippen LogP) is 1.12. The fourth-order valence-corrected chi connectivity index (χ4v) is 1.37. The van der Waals surface area contributed by atoms with E-state index in [9.17, 15) is 0 Å². The lowest BCUT2D eigenvalue weighted by atomic mass is 10.2. The van der Waals surface area contributed by atoms with E-state index < -0.39 is 0 Å². The summed E-state index contributed by atoms with van der Waals surface area (Å²) in [5, 5.41) is 3.08. The minimum atomic E-state index is 0.398. The third-order valence-electron chi connectivity index (χ3n) is 2.25. The number of nitrogens with zero attached hydrogens (tertiary/aromatic N) is 1. The Morgan fingerprint density at radius 3 is 3.00 bits per heavy atom. The molecule has 4 heteroatoms.